The van der Waals surface area contributed by atoms with E-state index in [1.807, 2.05) is 26.8 Å². The Labute approximate surface area is 190 Å². The Hall–Kier alpha value is -2.58. The highest BCUT2D eigenvalue weighted by Gasteiger charge is 2.24. The number of aromatic nitrogens is 3. The number of aryl methyl sites for hydroxylation is 1. The predicted molar refractivity (Wildman–Crippen MR) is 119 cm³/mol. The van der Waals surface area contributed by atoms with Gasteiger partial charge in [-0.3, -0.25) is 0 Å². The van der Waals surface area contributed by atoms with Crippen molar-refractivity contribution in [3.05, 3.63) is 64.8 Å². The number of nitrogens with zero attached hydrogens (tertiary/aromatic N) is 4. The van der Waals surface area contributed by atoms with Gasteiger partial charge in [0, 0.05) is 23.7 Å². The number of rotatable bonds is 5. The zero-order valence-electron chi connectivity index (χ0n) is 18.0. The molecule has 1 aromatic carbocycles. The van der Waals surface area contributed by atoms with Crippen molar-refractivity contribution >= 4 is 29.5 Å². The van der Waals surface area contributed by atoms with E-state index in [0.717, 1.165) is 4.90 Å². The van der Waals surface area contributed by atoms with Crippen LogP contribution in [0, 0.1) is 12.7 Å². The van der Waals surface area contributed by atoms with E-state index in [0.29, 0.717) is 27.1 Å². The van der Waals surface area contributed by atoms with Crippen LogP contribution in [-0.4, -0.2) is 38.3 Å². The first kappa shape index (κ1) is 23.1. The van der Waals surface area contributed by atoms with E-state index in [1.165, 1.54) is 21.3 Å². The van der Waals surface area contributed by atoms with Crippen molar-refractivity contribution < 1.29 is 13.9 Å². The Morgan fingerprint density at radius 2 is 2.03 bits per heavy atom. The number of amides is 1. The molecule has 2 heterocycles. The van der Waals surface area contributed by atoms with Crippen molar-refractivity contribution in [3.63, 3.8) is 0 Å². The normalized spacial score (nSPS) is 11.5. The van der Waals surface area contributed by atoms with Crippen molar-refractivity contribution in [1.29, 1.82) is 0 Å². The van der Waals surface area contributed by atoms with E-state index >= 15 is 0 Å². The minimum atomic E-state index is -0.458. The van der Waals surface area contributed by atoms with E-state index in [4.69, 9.17) is 16.3 Å². The van der Waals surface area contributed by atoms with Crippen LogP contribution in [0.15, 0.2) is 52.5 Å². The van der Waals surface area contributed by atoms with Gasteiger partial charge in [0.1, 0.15) is 28.2 Å². The minimum Gasteiger partial charge on any atom is -0.443 e. The third kappa shape index (κ3) is 5.57. The molecule has 2 aromatic heterocycles. The van der Waals surface area contributed by atoms with E-state index in [9.17, 15) is 9.18 Å². The monoisotopic (exact) mass is 462 g/mol. The highest BCUT2D eigenvalue weighted by Crippen LogP contribution is 2.31. The van der Waals surface area contributed by atoms with Crippen LogP contribution >= 0.6 is 23.4 Å². The van der Waals surface area contributed by atoms with Crippen molar-refractivity contribution in [2.45, 2.75) is 49.8 Å². The lowest BCUT2D eigenvalue weighted by atomic mass is 10.1. The second kappa shape index (κ2) is 9.28. The van der Waals surface area contributed by atoms with Crippen molar-refractivity contribution in [2.24, 2.45) is 0 Å². The molecule has 0 N–H and O–H groups in total. The lowest BCUT2D eigenvalue weighted by Crippen LogP contribution is -2.42. The molecule has 0 saturated carbocycles. The summed E-state index contributed by atoms with van der Waals surface area (Å²) in [4.78, 5) is 18.7. The van der Waals surface area contributed by atoms with Crippen LogP contribution in [0.25, 0.3) is 5.69 Å². The van der Waals surface area contributed by atoms with Gasteiger partial charge >= 0.3 is 6.09 Å². The fourth-order valence-electron chi connectivity index (χ4n) is 2.57. The first-order chi connectivity index (χ1) is 14.6. The smallest absolute Gasteiger partial charge is 0.410 e. The predicted octanol–water partition coefficient (Wildman–Crippen LogP) is 5.89. The lowest BCUT2D eigenvalue weighted by molar-refractivity contribution is 0.0749. The van der Waals surface area contributed by atoms with Gasteiger partial charge in [-0.15, -0.1) is 0 Å². The number of carbonyl (C=O) groups is 1. The number of benzene rings is 1. The number of pyridine rings is 1. The van der Waals surface area contributed by atoms with Gasteiger partial charge in [0.15, 0.2) is 5.82 Å². The maximum Gasteiger partial charge on any atom is 0.410 e. The van der Waals surface area contributed by atoms with E-state index in [-0.39, 0.29) is 18.0 Å². The van der Waals surface area contributed by atoms with Crippen LogP contribution in [0.1, 0.15) is 32.0 Å². The molecular weight excluding hydrogens is 439 g/mol. The summed E-state index contributed by atoms with van der Waals surface area (Å²) in [5, 5.41) is 5.55. The van der Waals surface area contributed by atoms with Crippen molar-refractivity contribution in [1.82, 2.24) is 19.7 Å². The summed E-state index contributed by atoms with van der Waals surface area (Å²) in [5.41, 5.74) is 0.954. The van der Waals surface area contributed by atoms with Gasteiger partial charge in [0.25, 0.3) is 0 Å². The molecule has 0 bridgehead atoms. The van der Waals surface area contributed by atoms with Crippen LogP contribution in [0.5, 0.6) is 0 Å². The van der Waals surface area contributed by atoms with Gasteiger partial charge in [0.2, 0.25) is 0 Å². The van der Waals surface area contributed by atoms with Crippen LogP contribution in [0.3, 0.4) is 0 Å². The minimum absolute atomic E-state index is 0.0356. The lowest BCUT2D eigenvalue weighted by Gasteiger charge is -2.30. The average molecular weight is 463 g/mol. The largest absolute Gasteiger partial charge is 0.443 e. The van der Waals surface area contributed by atoms with Crippen LogP contribution in [0.4, 0.5) is 9.18 Å². The molecule has 3 rings (SSSR count). The number of halogens is 2. The van der Waals surface area contributed by atoms with Gasteiger partial charge in [-0.2, -0.15) is 5.10 Å². The van der Waals surface area contributed by atoms with Crippen LogP contribution in [-0.2, 0) is 11.3 Å². The standard InChI is InChI=1S/C22H24ClFN4O2S/c1-14-7-6-8-17(20(14)24)28-19(31-16-9-10-18(23)25-12-16)11-15(26-28)13-30-21(29)27(5)22(2,3)4/h6-12H,13H2,1-5H3. The van der Waals surface area contributed by atoms with Gasteiger partial charge in [0.05, 0.1) is 0 Å². The summed E-state index contributed by atoms with van der Waals surface area (Å²) < 4.78 is 21.8. The Balaban J connectivity index is 1.91. The molecular formula is C22H24ClFN4O2S. The molecule has 0 aliphatic rings. The number of carbonyl (C=O) groups excluding carboxylic acids is 1. The molecule has 0 radical (unpaired) electrons. The van der Waals surface area contributed by atoms with Crippen molar-refractivity contribution in [3.8, 4) is 5.69 Å². The van der Waals surface area contributed by atoms with Crippen molar-refractivity contribution in [2.75, 3.05) is 7.05 Å². The molecule has 6 nitrogen and oxygen atoms in total. The van der Waals surface area contributed by atoms with Crippen LogP contribution < -0.4 is 0 Å². The second-order valence-electron chi connectivity index (χ2n) is 8.00. The van der Waals surface area contributed by atoms with Crippen LogP contribution in [0.2, 0.25) is 5.15 Å². The highest BCUT2D eigenvalue weighted by atomic mass is 35.5. The molecule has 3 aromatic rings. The van der Waals surface area contributed by atoms with Gasteiger partial charge in [-0.1, -0.05) is 35.5 Å². The van der Waals surface area contributed by atoms with Gasteiger partial charge in [-0.05, 0) is 57.5 Å². The zero-order chi connectivity index (χ0) is 22.8. The third-order valence-corrected chi connectivity index (χ3v) is 5.87. The summed E-state index contributed by atoms with van der Waals surface area (Å²) in [6.45, 7) is 7.41. The Bertz CT molecular complexity index is 1080. The molecule has 1 amide bonds. The molecule has 9 heteroatoms. The summed E-state index contributed by atoms with van der Waals surface area (Å²) in [5.74, 6) is -0.363. The Morgan fingerprint density at radius 3 is 2.68 bits per heavy atom. The zero-order valence-corrected chi connectivity index (χ0v) is 19.6. The fourth-order valence-corrected chi connectivity index (χ4v) is 3.59. The highest BCUT2D eigenvalue weighted by molar-refractivity contribution is 7.99. The maximum atomic E-state index is 14.8. The van der Waals surface area contributed by atoms with E-state index in [1.54, 1.807) is 50.5 Å². The molecule has 0 atom stereocenters. The van der Waals surface area contributed by atoms with Gasteiger partial charge < -0.3 is 9.64 Å². The quantitative estimate of drug-likeness (QED) is 0.442. The summed E-state index contributed by atoms with van der Waals surface area (Å²) in [7, 11) is 1.68. The SMILES string of the molecule is Cc1cccc(-n2nc(COC(=O)N(C)C(C)(C)C)cc2Sc2ccc(Cl)nc2)c1F. The summed E-state index contributed by atoms with van der Waals surface area (Å²) in [6.07, 6.45) is 1.18. The topological polar surface area (TPSA) is 60.3 Å². The summed E-state index contributed by atoms with van der Waals surface area (Å²) in [6, 6.07) is 10.4. The summed E-state index contributed by atoms with van der Waals surface area (Å²) >= 11 is 7.23. The fraction of sp³-hybridized carbons (Fsp3) is 0.318. The molecule has 164 valence electrons. The first-order valence-corrected chi connectivity index (χ1v) is 10.8. The molecule has 0 aliphatic heterocycles. The van der Waals surface area contributed by atoms with E-state index in [2.05, 4.69) is 10.1 Å². The molecule has 0 unspecified atom stereocenters. The second-order valence-corrected chi connectivity index (χ2v) is 9.48. The first-order valence-electron chi connectivity index (χ1n) is 9.60. The Kier molecular flexibility index (Phi) is 6.91. The molecule has 0 aliphatic carbocycles. The van der Waals surface area contributed by atoms with Gasteiger partial charge in [-0.25, -0.2) is 18.9 Å². The molecule has 0 saturated heterocycles. The number of ether oxygens (including phenoxy) is 1. The maximum absolute atomic E-state index is 14.8. The molecule has 31 heavy (non-hydrogen) atoms. The third-order valence-electron chi connectivity index (χ3n) is 4.67. The van der Waals surface area contributed by atoms with E-state index < -0.39 is 6.09 Å². The molecule has 0 spiro atoms. The number of hydrogen-bond donors (Lipinski definition) is 0. The Morgan fingerprint density at radius 1 is 1.29 bits per heavy atom. The average Bonchev–Trinajstić information content (AvgIpc) is 3.11. The molecule has 0 fully saturated rings. The number of hydrogen-bond acceptors (Lipinski definition) is 5.